The fourth-order valence-corrected chi connectivity index (χ4v) is 4.20. The topological polar surface area (TPSA) is 28.2 Å². The Labute approximate surface area is 131 Å². The monoisotopic (exact) mass is 301 g/mol. The molecule has 0 saturated carbocycles. The number of aryl methyl sites for hydroxylation is 2. The summed E-state index contributed by atoms with van der Waals surface area (Å²) in [7, 11) is 2.07. The number of hydrogen-bond donors (Lipinski definition) is 1. The molecular weight excluding hydrogens is 278 g/mol. The quantitative estimate of drug-likeness (QED) is 0.941. The van der Waals surface area contributed by atoms with Gasteiger partial charge in [0, 0.05) is 23.7 Å². The molecule has 0 radical (unpaired) electrons. The van der Waals surface area contributed by atoms with E-state index in [-0.39, 0.29) is 5.54 Å². The molecule has 1 aromatic heterocycles. The van der Waals surface area contributed by atoms with Crippen LogP contribution in [0.1, 0.15) is 28.4 Å². The average Bonchev–Trinajstić information content (AvgIpc) is 2.88. The fraction of sp³-hybridized carbons (Fsp3) is 0.471. The summed E-state index contributed by atoms with van der Waals surface area (Å²) in [6.45, 7) is 6.42. The van der Waals surface area contributed by atoms with Crippen LogP contribution in [0.2, 0.25) is 0 Å². The SMILES string of the molecule is CNC1(c2nc(C)c(C)s2)CCN(c2ccccc2)CC1. The first-order valence-electron chi connectivity index (χ1n) is 7.58. The standard InChI is InChI=1S/C17H23N3S/c1-13-14(2)21-16(19-13)17(18-3)9-11-20(12-10-17)15-7-5-4-6-8-15/h4-8,18H,9-12H2,1-3H3. The van der Waals surface area contributed by atoms with Crippen molar-refractivity contribution in [3.05, 3.63) is 45.9 Å². The Bertz CT molecular complexity index is 578. The van der Waals surface area contributed by atoms with Gasteiger partial charge in [0.05, 0.1) is 11.2 Å². The number of anilines is 1. The van der Waals surface area contributed by atoms with E-state index in [1.165, 1.54) is 21.3 Å². The van der Waals surface area contributed by atoms with E-state index in [2.05, 4.69) is 61.4 Å². The zero-order valence-corrected chi connectivity index (χ0v) is 13.8. The van der Waals surface area contributed by atoms with Crippen molar-refractivity contribution in [3.8, 4) is 0 Å². The molecule has 1 aliphatic rings. The molecule has 112 valence electrons. The number of rotatable bonds is 3. The molecule has 3 nitrogen and oxygen atoms in total. The van der Waals surface area contributed by atoms with Crippen molar-refractivity contribution in [1.29, 1.82) is 0 Å². The molecule has 4 heteroatoms. The zero-order chi connectivity index (χ0) is 14.9. The molecule has 0 aliphatic carbocycles. The van der Waals surface area contributed by atoms with Crippen LogP contribution in [0.25, 0.3) is 0 Å². The second kappa shape index (κ2) is 5.78. The van der Waals surface area contributed by atoms with Crippen LogP contribution >= 0.6 is 11.3 Å². The Hall–Kier alpha value is -1.39. The number of nitrogens with zero attached hydrogens (tertiary/aromatic N) is 2. The van der Waals surface area contributed by atoms with Gasteiger partial charge in [-0.15, -0.1) is 11.3 Å². The molecule has 3 rings (SSSR count). The Balaban J connectivity index is 1.79. The molecule has 0 amide bonds. The van der Waals surface area contributed by atoms with E-state index in [9.17, 15) is 0 Å². The van der Waals surface area contributed by atoms with Crippen LogP contribution in [0.15, 0.2) is 30.3 Å². The van der Waals surface area contributed by atoms with Gasteiger partial charge in [-0.05, 0) is 45.9 Å². The molecule has 0 atom stereocenters. The molecule has 2 aromatic rings. The third-order valence-corrected chi connectivity index (χ3v) is 5.93. The largest absolute Gasteiger partial charge is 0.371 e. The van der Waals surface area contributed by atoms with Crippen molar-refractivity contribution in [1.82, 2.24) is 10.3 Å². The molecule has 1 fully saturated rings. The minimum Gasteiger partial charge on any atom is -0.371 e. The van der Waals surface area contributed by atoms with Gasteiger partial charge in [-0.2, -0.15) is 0 Å². The summed E-state index contributed by atoms with van der Waals surface area (Å²) in [5, 5.41) is 4.82. The van der Waals surface area contributed by atoms with Crippen molar-refractivity contribution in [3.63, 3.8) is 0 Å². The smallest absolute Gasteiger partial charge is 0.113 e. The molecule has 0 bridgehead atoms. The van der Waals surface area contributed by atoms with Gasteiger partial charge < -0.3 is 10.2 Å². The van der Waals surface area contributed by atoms with Gasteiger partial charge in [-0.3, -0.25) is 0 Å². The first kappa shape index (κ1) is 14.5. The van der Waals surface area contributed by atoms with Crippen LogP contribution in [0, 0.1) is 13.8 Å². The number of thiazole rings is 1. The van der Waals surface area contributed by atoms with E-state index in [0.29, 0.717) is 0 Å². The molecule has 0 unspecified atom stereocenters. The highest BCUT2D eigenvalue weighted by molar-refractivity contribution is 7.11. The lowest BCUT2D eigenvalue weighted by atomic mass is 9.88. The molecule has 1 N–H and O–H groups in total. The van der Waals surface area contributed by atoms with Crippen molar-refractivity contribution >= 4 is 17.0 Å². The van der Waals surface area contributed by atoms with Crippen LogP contribution in [-0.2, 0) is 5.54 Å². The lowest BCUT2D eigenvalue weighted by molar-refractivity contribution is 0.281. The van der Waals surface area contributed by atoms with Crippen molar-refractivity contribution in [2.24, 2.45) is 0 Å². The van der Waals surface area contributed by atoms with Crippen molar-refractivity contribution < 1.29 is 0 Å². The second-order valence-electron chi connectivity index (χ2n) is 5.82. The van der Waals surface area contributed by atoms with Gasteiger partial charge in [0.2, 0.25) is 0 Å². The molecular formula is C17H23N3S. The summed E-state index contributed by atoms with van der Waals surface area (Å²) in [4.78, 5) is 8.63. The van der Waals surface area contributed by atoms with Crippen LogP contribution in [-0.4, -0.2) is 25.1 Å². The Morgan fingerprint density at radius 3 is 2.33 bits per heavy atom. The number of para-hydroxylation sites is 1. The average molecular weight is 301 g/mol. The Morgan fingerprint density at radius 1 is 1.14 bits per heavy atom. The van der Waals surface area contributed by atoms with Crippen molar-refractivity contribution in [2.45, 2.75) is 32.2 Å². The maximum absolute atomic E-state index is 4.81. The Kier molecular flexibility index (Phi) is 4.00. The second-order valence-corrected chi connectivity index (χ2v) is 7.02. The van der Waals surface area contributed by atoms with Crippen LogP contribution in [0.3, 0.4) is 0 Å². The minimum atomic E-state index is 0.0506. The maximum Gasteiger partial charge on any atom is 0.113 e. The first-order valence-corrected chi connectivity index (χ1v) is 8.40. The maximum atomic E-state index is 4.81. The van der Waals surface area contributed by atoms with E-state index in [0.717, 1.165) is 25.9 Å². The summed E-state index contributed by atoms with van der Waals surface area (Å²) < 4.78 is 0. The number of aromatic nitrogens is 1. The predicted octanol–water partition coefficient (Wildman–Crippen LogP) is 3.48. The molecule has 21 heavy (non-hydrogen) atoms. The summed E-state index contributed by atoms with van der Waals surface area (Å²) in [6, 6.07) is 10.7. The van der Waals surface area contributed by atoms with E-state index in [1.54, 1.807) is 0 Å². The van der Waals surface area contributed by atoms with Crippen LogP contribution < -0.4 is 10.2 Å². The van der Waals surface area contributed by atoms with Crippen LogP contribution in [0.5, 0.6) is 0 Å². The normalized spacial score (nSPS) is 18.0. The summed E-state index contributed by atoms with van der Waals surface area (Å²) >= 11 is 1.85. The lowest BCUT2D eigenvalue weighted by Gasteiger charge is -2.41. The van der Waals surface area contributed by atoms with E-state index >= 15 is 0 Å². The zero-order valence-electron chi connectivity index (χ0n) is 13.0. The van der Waals surface area contributed by atoms with E-state index < -0.39 is 0 Å². The van der Waals surface area contributed by atoms with E-state index in [1.807, 2.05) is 11.3 Å². The van der Waals surface area contributed by atoms with Gasteiger partial charge in [-0.1, -0.05) is 18.2 Å². The van der Waals surface area contributed by atoms with Crippen LogP contribution in [0.4, 0.5) is 5.69 Å². The molecule has 2 heterocycles. The number of piperidine rings is 1. The number of nitrogens with one attached hydrogen (secondary N) is 1. The highest BCUT2D eigenvalue weighted by Gasteiger charge is 2.37. The first-order chi connectivity index (χ1) is 10.1. The van der Waals surface area contributed by atoms with Gasteiger partial charge in [0.25, 0.3) is 0 Å². The molecule has 1 saturated heterocycles. The minimum absolute atomic E-state index is 0.0506. The third-order valence-electron chi connectivity index (χ3n) is 4.65. The van der Waals surface area contributed by atoms with E-state index in [4.69, 9.17) is 4.98 Å². The number of benzene rings is 1. The van der Waals surface area contributed by atoms with Gasteiger partial charge in [0.1, 0.15) is 5.01 Å². The van der Waals surface area contributed by atoms with Crippen molar-refractivity contribution in [2.75, 3.05) is 25.0 Å². The van der Waals surface area contributed by atoms with Gasteiger partial charge in [0.15, 0.2) is 0 Å². The summed E-state index contributed by atoms with van der Waals surface area (Å²) in [5.74, 6) is 0. The number of hydrogen-bond acceptors (Lipinski definition) is 4. The predicted molar refractivity (Wildman–Crippen MR) is 90.2 cm³/mol. The summed E-state index contributed by atoms with van der Waals surface area (Å²) in [5.41, 5.74) is 2.55. The molecule has 0 spiro atoms. The molecule has 1 aromatic carbocycles. The van der Waals surface area contributed by atoms with Gasteiger partial charge >= 0.3 is 0 Å². The highest BCUT2D eigenvalue weighted by Crippen LogP contribution is 2.37. The third kappa shape index (κ3) is 2.70. The fourth-order valence-electron chi connectivity index (χ4n) is 3.03. The Morgan fingerprint density at radius 2 is 1.81 bits per heavy atom. The molecule has 1 aliphatic heterocycles. The lowest BCUT2D eigenvalue weighted by Crippen LogP contribution is -2.50. The summed E-state index contributed by atoms with van der Waals surface area (Å²) in [6.07, 6.45) is 2.20. The van der Waals surface area contributed by atoms with Gasteiger partial charge in [-0.25, -0.2) is 4.98 Å². The highest BCUT2D eigenvalue weighted by atomic mass is 32.1.